The number of aliphatic hydroxyl groups excluding tert-OH is 3. The van der Waals surface area contributed by atoms with E-state index < -0.39 is 24.2 Å². The van der Waals surface area contributed by atoms with Crippen LogP contribution in [0.5, 0.6) is 0 Å². The van der Waals surface area contributed by atoms with Crippen molar-refractivity contribution >= 4 is 5.91 Å². The molecule has 360 valence electrons. The first-order valence-corrected chi connectivity index (χ1v) is 27.3. The molecular formula is C56H107NO4. The maximum Gasteiger partial charge on any atom is 0.249 e. The molecule has 0 aliphatic rings. The van der Waals surface area contributed by atoms with Crippen LogP contribution in [0, 0.1) is 0 Å². The van der Waals surface area contributed by atoms with Crippen molar-refractivity contribution < 1.29 is 20.1 Å². The Balaban J connectivity index is 3.60. The second-order valence-electron chi connectivity index (χ2n) is 18.8. The normalized spacial score (nSPS) is 13.6. The Morgan fingerprint density at radius 1 is 0.410 bits per heavy atom. The lowest BCUT2D eigenvalue weighted by atomic mass is 10.0. The van der Waals surface area contributed by atoms with Crippen molar-refractivity contribution in [2.75, 3.05) is 6.61 Å². The van der Waals surface area contributed by atoms with Crippen LogP contribution in [0.1, 0.15) is 290 Å². The third-order valence-corrected chi connectivity index (χ3v) is 12.7. The fourth-order valence-electron chi connectivity index (χ4n) is 8.45. The highest BCUT2D eigenvalue weighted by Gasteiger charge is 2.22. The first-order valence-electron chi connectivity index (χ1n) is 27.3. The maximum absolute atomic E-state index is 12.5. The summed E-state index contributed by atoms with van der Waals surface area (Å²) >= 11 is 0. The minimum atomic E-state index is -1.10. The molecule has 0 spiro atoms. The van der Waals surface area contributed by atoms with Crippen LogP contribution in [0.4, 0.5) is 0 Å². The van der Waals surface area contributed by atoms with Crippen LogP contribution >= 0.6 is 0 Å². The molecule has 0 aromatic heterocycles. The summed E-state index contributed by atoms with van der Waals surface area (Å²) in [6.07, 6.45) is 66.4. The minimum absolute atomic E-state index is 0.363. The van der Waals surface area contributed by atoms with Crippen molar-refractivity contribution in [3.05, 3.63) is 36.5 Å². The van der Waals surface area contributed by atoms with Crippen LogP contribution in [0.3, 0.4) is 0 Å². The van der Waals surface area contributed by atoms with Crippen LogP contribution in [-0.4, -0.2) is 46.1 Å². The van der Waals surface area contributed by atoms with Gasteiger partial charge in [0.2, 0.25) is 5.91 Å². The van der Waals surface area contributed by atoms with Gasteiger partial charge in [-0.3, -0.25) is 4.79 Å². The minimum Gasteiger partial charge on any atom is -0.394 e. The zero-order valence-electron chi connectivity index (χ0n) is 41.1. The van der Waals surface area contributed by atoms with E-state index in [-0.39, 0.29) is 6.61 Å². The zero-order chi connectivity index (χ0) is 44.4. The Bertz CT molecular complexity index is 947. The average Bonchev–Trinajstić information content (AvgIpc) is 3.26. The first kappa shape index (κ1) is 59.6. The number of amides is 1. The Morgan fingerprint density at radius 3 is 1.03 bits per heavy atom. The van der Waals surface area contributed by atoms with E-state index in [0.717, 1.165) is 38.5 Å². The van der Waals surface area contributed by atoms with Gasteiger partial charge in [0.25, 0.3) is 0 Å². The van der Waals surface area contributed by atoms with Gasteiger partial charge in [-0.2, -0.15) is 0 Å². The van der Waals surface area contributed by atoms with E-state index in [1.807, 2.05) is 6.08 Å². The predicted molar refractivity (Wildman–Crippen MR) is 268 cm³/mol. The summed E-state index contributed by atoms with van der Waals surface area (Å²) in [7, 11) is 0. The lowest BCUT2D eigenvalue weighted by Crippen LogP contribution is -2.48. The van der Waals surface area contributed by atoms with Crippen LogP contribution in [0.25, 0.3) is 0 Å². The fraction of sp³-hybridized carbons (Fsp3) is 0.875. The summed E-state index contributed by atoms with van der Waals surface area (Å²) < 4.78 is 0. The molecule has 4 N–H and O–H groups in total. The predicted octanol–water partition coefficient (Wildman–Crippen LogP) is 16.7. The van der Waals surface area contributed by atoms with Crippen LogP contribution in [-0.2, 0) is 4.79 Å². The number of nitrogens with one attached hydrogen (secondary N) is 1. The maximum atomic E-state index is 12.5. The zero-order valence-corrected chi connectivity index (χ0v) is 41.1. The van der Waals surface area contributed by atoms with Gasteiger partial charge in [-0.15, -0.1) is 0 Å². The molecule has 0 rings (SSSR count). The van der Waals surface area contributed by atoms with Gasteiger partial charge in [0.15, 0.2) is 0 Å². The molecule has 0 aromatic rings. The largest absolute Gasteiger partial charge is 0.394 e. The van der Waals surface area contributed by atoms with E-state index in [1.165, 1.54) is 231 Å². The molecule has 61 heavy (non-hydrogen) atoms. The SMILES string of the molecule is CCCCCCCCCCC/C=C\C/C=C\CCCCCCCCCCCCC(O)C(=O)NC(CO)C(O)/C=C/CCCCCCCCCCCCCCCCCCCCC. The third kappa shape index (κ3) is 46.4. The molecule has 0 radical (unpaired) electrons. The van der Waals surface area contributed by atoms with Crippen LogP contribution in [0.2, 0.25) is 0 Å². The van der Waals surface area contributed by atoms with Gasteiger partial charge in [0, 0.05) is 0 Å². The van der Waals surface area contributed by atoms with Crippen molar-refractivity contribution in [1.82, 2.24) is 5.32 Å². The molecule has 0 bridgehead atoms. The fourth-order valence-corrected chi connectivity index (χ4v) is 8.45. The summed E-state index contributed by atoms with van der Waals surface area (Å²) in [6, 6.07) is -0.800. The first-order chi connectivity index (χ1) is 30.1. The highest BCUT2D eigenvalue weighted by atomic mass is 16.3. The quantitative estimate of drug-likeness (QED) is 0.0362. The molecule has 0 heterocycles. The molecule has 0 saturated heterocycles. The summed E-state index contributed by atoms with van der Waals surface area (Å²) in [5.41, 5.74) is 0. The van der Waals surface area contributed by atoms with Crippen molar-refractivity contribution in [2.45, 2.75) is 308 Å². The summed E-state index contributed by atoms with van der Waals surface area (Å²) in [5.74, 6) is -0.503. The van der Waals surface area contributed by atoms with Gasteiger partial charge in [-0.25, -0.2) is 0 Å². The lowest BCUT2D eigenvalue weighted by Gasteiger charge is -2.21. The summed E-state index contributed by atoms with van der Waals surface area (Å²) in [4.78, 5) is 12.5. The highest BCUT2D eigenvalue weighted by molar-refractivity contribution is 5.80. The van der Waals surface area contributed by atoms with E-state index in [2.05, 4.69) is 43.5 Å². The highest BCUT2D eigenvalue weighted by Crippen LogP contribution is 2.17. The van der Waals surface area contributed by atoms with Gasteiger partial charge in [-0.05, 0) is 51.4 Å². The van der Waals surface area contributed by atoms with Gasteiger partial charge >= 0.3 is 0 Å². The van der Waals surface area contributed by atoms with E-state index in [4.69, 9.17) is 0 Å². The second kappa shape index (κ2) is 51.2. The van der Waals surface area contributed by atoms with Gasteiger partial charge in [0.1, 0.15) is 6.10 Å². The van der Waals surface area contributed by atoms with Crippen molar-refractivity contribution in [3.8, 4) is 0 Å². The average molecular weight is 858 g/mol. The molecule has 1 amide bonds. The number of allylic oxidation sites excluding steroid dienone is 5. The third-order valence-electron chi connectivity index (χ3n) is 12.7. The molecule has 3 unspecified atom stereocenters. The molecule has 3 atom stereocenters. The Morgan fingerprint density at radius 2 is 0.705 bits per heavy atom. The topological polar surface area (TPSA) is 89.8 Å². The summed E-state index contributed by atoms with van der Waals surface area (Å²) in [5, 5.41) is 33.4. The van der Waals surface area contributed by atoms with E-state index in [1.54, 1.807) is 6.08 Å². The molecule has 0 aliphatic heterocycles. The number of hydrogen-bond donors (Lipinski definition) is 4. The van der Waals surface area contributed by atoms with E-state index >= 15 is 0 Å². The smallest absolute Gasteiger partial charge is 0.249 e. The van der Waals surface area contributed by atoms with Gasteiger partial charge in [-0.1, -0.05) is 275 Å². The number of carbonyl (C=O) groups excluding carboxylic acids is 1. The second-order valence-corrected chi connectivity index (χ2v) is 18.8. The van der Waals surface area contributed by atoms with Crippen molar-refractivity contribution in [3.63, 3.8) is 0 Å². The number of aliphatic hydroxyl groups is 3. The summed E-state index contributed by atoms with van der Waals surface area (Å²) in [6.45, 7) is 4.21. The molecular weight excluding hydrogens is 751 g/mol. The van der Waals surface area contributed by atoms with Gasteiger partial charge in [0.05, 0.1) is 18.8 Å². The number of carbonyl (C=O) groups is 1. The van der Waals surface area contributed by atoms with Crippen LogP contribution in [0.15, 0.2) is 36.5 Å². The monoisotopic (exact) mass is 858 g/mol. The molecule has 0 saturated carbocycles. The molecule has 0 fully saturated rings. The lowest BCUT2D eigenvalue weighted by molar-refractivity contribution is -0.131. The number of hydrogen-bond acceptors (Lipinski definition) is 4. The van der Waals surface area contributed by atoms with E-state index in [0.29, 0.717) is 6.42 Å². The number of unbranched alkanes of at least 4 members (excludes halogenated alkanes) is 38. The van der Waals surface area contributed by atoms with Crippen molar-refractivity contribution in [2.24, 2.45) is 0 Å². The molecule has 5 heteroatoms. The Hall–Kier alpha value is -1.43. The standard InChI is InChI=1S/C56H107NO4/c1-3-5-7-9-11-13-15-17-19-21-23-25-26-27-28-29-31-33-35-37-39-41-43-45-47-49-51-55(60)56(61)57-53(52-58)54(59)50-48-46-44-42-40-38-36-34-32-30-24-22-20-18-16-14-12-10-8-6-4-2/h23,25,27-28,48,50,53-55,58-60H,3-22,24,26,29-47,49,51-52H2,1-2H3,(H,57,61)/b25-23-,28-27-,50-48+. The molecule has 0 aromatic carbocycles. The van der Waals surface area contributed by atoms with Gasteiger partial charge < -0.3 is 20.6 Å². The molecule has 0 aliphatic carbocycles. The Labute approximate surface area is 381 Å². The van der Waals surface area contributed by atoms with Crippen molar-refractivity contribution in [1.29, 1.82) is 0 Å². The van der Waals surface area contributed by atoms with Crippen LogP contribution < -0.4 is 5.32 Å². The van der Waals surface area contributed by atoms with E-state index in [9.17, 15) is 20.1 Å². The Kier molecular flexibility index (Phi) is 50.0. The molecule has 5 nitrogen and oxygen atoms in total. The number of rotatable bonds is 50.